The van der Waals surface area contributed by atoms with Crippen molar-refractivity contribution in [2.75, 3.05) is 19.6 Å². The summed E-state index contributed by atoms with van der Waals surface area (Å²) in [4.78, 5) is 2.81. The van der Waals surface area contributed by atoms with Gasteiger partial charge in [0.2, 0.25) is 0 Å². The van der Waals surface area contributed by atoms with Gasteiger partial charge >= 0.3 is 0 Å². The van der Waals surface area contributed by atoms with Gasteiger partial charge in [0.1, 0.15) is 0 Å². The van der Waals surface area contributed by atoms with E-state index < -0.39 is 0 Å². The predicted octanol–water partition coefficient (Wildman–Crippen LogP) is 3.18. The number of rotatable bonds is 2. The molecule has 3 aliphatic carbocycles. The normalized spacial score (nSPS) is 52.5. The van der Waals surface area contributed by atoms with Gasteiger partial charge in [0.25, 0.3) is 0 Å². The molecule has 0 N–H and O–H groups in total. The highest BCUT2D eigenvalue weighted by Crippen LogP contribution is 2.46. The summed E-state index contributed by atoms with van der Waals surface area (Å²) in [5.41, 5.74) is 0. The van der Waals surface area contributed by atoms with Gasteiger partial charge < -0.3 is 4.90 Å². The summed E-state index contributed by atoms with van der Waals surface area (Å²) in [6.07, 6.45) is 11.0. The summed E-state index contributed by atoms with van der Waals surface area (Å²) in [5.74, 6) is 6.02. The smallest absolute Gasteiger partial charge is 0.00157 e. The van der Waals surface area contributed by atoms with Crippen LogP contribution in [0.4, 0.5) is 0 Å². The monoisotopic (exact) mass is 231 g/mol. The molecule has 2 saturated carbocycles. The lowest BCUT2D eigenvalue weighted by atomic mass is 9.93. The first-order chi connectivity index (χ1) is 8.28. The summed E-state index contributed by atoms with van der Waals surface area (Å²) >= 11 is 0. The van der Waals surface area contributed by atoms with E-state index in [1.54, 1.807) is 0 Å². The Morgan fingerprint density at radius 2 is 1.76 bits per heavy atom. The highest BCUT2D eigenvalue weighted by atomic mass is 15.2. The fourth-order valence-electron chi connectivity index (χ4n) is 5.29. The Kier molecular flexibility index (Phi) is 2.40. The maximum absolute atomic E-state index is 2.81. The molecule has 0 radical (unpaired) electrons. The van der Waals surface area contributed by atoms with E-state index in [1.807, 2.05) is 0 Å². The lowest BCUT2D eigenvalue weighted by Gasteiger charge is -2.25. The third-order valence-corrected chi connectivity index (χ3v) is 5.97. The van der Waals surface area contributed by atoms with E-state index in [0.29, 0.717) is 0 Å². The van der Waals surface area contributed by atoms with Crippen molar-refractivity contribution < 1.29 is 0 Å². The second-order valence-corrected chi connectivity index (χ2v) is 7.36. The molecule has 1 nitrogen and oxygen atoms in total. The molecule has 94 valence electrons. The van der Waals surface area contributed by atoms with Crippen molar-refractivity contribution in [2.24, 2.45) is 35.5 Å². The molecular formula is C16H25N. The summed E-state index contributed by atoms with van der Waals surface area (Å²) in [6.45, 7) is 6.70. The van der Waals surface area contributed by atoms with E-state index in [0.717, 1.165) is 35.5 Å². The molecule has 17 heavy (non-hydrogen) atoms. The Morgan fingerprint density at radius 1 is 1.00 bits per heavy atom. The SMILES string of the molecule is C[C@@H]1C[C@@H]2CN(CC3CC4C=CC3C4)C[C@@H]2C1. The van der Waals surface area contributed by atoms with Crippen LogP contribution in [0.25, 0.3) is 0 Å². The molecular weight excluding hydrogens is 206 g/mol. The van der Waals surface area contributed by atoms with Crippen molar-refractivity contribution in [3.8, 4) is 0 Å². The van der Waals surface area contributed by atoms with Crippen molar-refractivity contribution in [3.63, 3.8) is 0 Å². The fraction of sp³-hybridized carbons (Fsp3) is 0.875. The highest BCUT2D eigenvalue weighted by Gasteiger charge is 2.42. The van der Waals surface area contributed by atoms with Gasteiger partial charge in [-0.3, -0.25) is 0 Å². The Morgan fingerprint density at radius 3 is 2.35 bits per heavy atom. The van der Waals surface area contributed by atoms with E-state index in [1.165, 1.54) is 45.3 Å². The largest absolute Gasteiger partial charge is 0.302 e. The van der Waals surface area contributed by atoms with Crippen LogP contribution in [0, 0.1) is 35.5 Å². The second-order valence-electron chi connectivity index (χ2n) is 7.36. The van der Waals surface area contributed by atoms with Crippen LogP contribution >= 0.6 is 0 Å². The summed E-state index contributed by atoms with van der Waals surface area (Å²) in [5, 5.41) is 0. The summed E-state index contributed by atoms with van der Waals surface area (Å²) in [7, 11) is 0. The van der Waals surface area contributed by atoms with E-state index in [-0.39, 0.29) is 0 Å². The zero-order valence-corrected chi connectivity index (χ0v) is 11.0. The number of allylic oxidation sites excluding steroid dienone is 2. The molecule has 3 unspecified atom stereocenters. The van der Waals surface area contributed by atoms with Gasteiger partial charge in [0, 0.05) is 19.6 Å². The second kappa shape index (κ2) is 3.85. The molecule has 0 aromatic carbocycles. The van der Waals surface area contributed by atoms with Crippen molar-refractivity contribution in [3.05, 3.63) is 12.2 Å². The molecule has 0 aromatic heterocycles. The van der Waals surface area contributed by atoms with Gasteiger partial charge in [-0.25, -0.2) is 0 Å². The molecule has 1 heteroatoms. The van der Waals surface area contributed by atoms with E-state index in [9.17, 15) is 0 Å². The number of hydrogen-bond donors (Lipinski definition) is 0. The van der Waals surface area contributed by atoms with Crippen LogP contribution in [-0.2, 0) is 0 Å². The molecule has 0 amide bonds. The number of fused-ring (bicyclic) bond motifs is 3. The van der Waals surface area contributed by atoms with Gasteiger partial charge in [0.15, 0.2) is 0 Å². The molecule has 0 spiro atoms. The third-order valence-electron chi connectivity index (χ3n) is 5.97. The molecule has 4 aliphatic rings. The average molecular weight is 231 g/mol. The van der Waals surface area contributed by atoms with Crippen LogP contribution in [0.3, 0.4) is 0 Å². The number of nitrogens with zero attached hydrogens (tertiary/aromatic N) is 1. The van der Waals surface area contributed by atoms with Crippen LogP contribution in [0.5, 0.6) is 0 Å². The minimum Gasteiger partial charge on any atom is -0.302 e. The maximum Gasteiger partial charge on any atom is 0.00157 e. The van der Waals surface area contributed by atoms with Crippen LogP contribution in [0.1, 0.15) is 32.6 Å². The van der Waals surface area contributed by atoms with Crippen molar-refractivity contribution in [2.45, 2.75) is 32.6 Å². The predicted molar refractivity (Wildman–Crippen MR) is 70.7 cm³/mol. The van der Waals surface area contributed by atoms with Gasteiger partial charge in [-0.2, -0.15) is 0 Å². The highest BCUT2D eigenvalue weighted by molar-refractivity contribution is 5.10. The minimum atomic E-state index is 0.944. The topological polar surface area (TPSA) is 3.24 Å². The fourth-order valence-corrected chi connectivity index (χ4v) is 5.29. The van der Waals surface area contributed by atoms with Gasteiger partial charge in [-0.05, 0) is 61.2 Å². The van der Waals surface area contributed by atoms with Gasteiger partial charge in [-0.15, -0.1) is 0 Å². The molecule has 1 heterocycles. The molecule has 4 rings (SSSR count). The minimum absolute atomic E-state index is 0.944. The molecule has 0 aromatic rings. The van der Waals surface area contributed by atoms with Crippen LogP contribution in [-0.4, -0.2) is 24.5 Å². The molecule has 1 saturated heterocycles. The Balaban J connectivity index is 1.35. The third kappa shape index (κ3) is 1.78. The molecule has 6 atom stereocenters. The van der Waals surface area contributed by atoms with Crippen molar-refractivity contribution >= 4 is 0 Å². The lowest BCUT2D eigenvalue weighted by Crippen LogP contribution is -2.30. The molecule has 2 bridgehead atoms. The first kappa shape index (κ1) is 10.6. The summed E-state index contributed by atoms with van der Waals surface area (Å²) < 4.78 is 0. The number of likely N-dealkylation sites (tertiary alicyclic amines) is 1. The standard InChI is InChI=1S/C16H25N/c1-11-4-14-8-17(9-15(14)5-11)10-16-7-12-2-3-13(16)6-12/h2-3,11-16H,4-10H2,1H3/t11-,12?,13?,14-,15+,16?. The van der Waals surface area contributed by atoms with Crippen molar-refractivity contribution in [1.29, 1.82) is 0 Å². The van der Waals surface area contributed by atoms with Gasteiger partial charge in [-0.1, -0.05) is 19.1 Å². The Bertz CT molecular complexity index is 320. The first-order valence-corrected chi connectivity index (χ1v) is 7.68. The van der Waals surface area contributed by atoms with Crippen molar-refractivity contribution in [1.82, 2.24) is 4.90 Å². The maximum atomic E-state index is 2.81. The number of hydrogen-bond acceptors (Lipinski definition) is 1. The van der Waals surface area contributed by atoms with Crippen LogP contribution < -0.4 is 0 Å². The lowest BCUT2D eigenvalue weighted by molar-refractivity contribution is 0.235. The van der Waals surface area contributed by atoms with E-state index in [4.69, 9.17) is 0 Å². The van der Waals surface area contributed by atoms with E-state index >= 15 is 0 Å². The van der Waals surface area contributed by atoms with Gasteiger partial charge in [0.05, 0.1) is 0 Å². The Hall–Kier alpha value is -0.300. The quantitative estimate of drug-likeness (QED) is 0.660. The zero-order chi connectivity index (χ0) is 11.4. The van der Waals surface area contributed by atoms with E-state index in [2.05, 4.69) is 24.0 Å². The molecule has 1 aliphatic heterocycles. The average Bonchev–Trinajstić information content (AvgIpc) is 2.97. The molecule has 3 fully saturated rings. The van der Waals surface area contributed by atoms with Crippen LogP contribution in [0.15, 0.2) is 12.2 Å². The zero-order valence-electron chi connectivity index (χ0n) is 11.0. The summed E-state index contributed by atoms with van der Waals surface area (Å²) in [6, 6.07) is 0. The Labute approximate surface area is 105 Å². The van der Waals surface area contributed by atoms with Crippen LogP contribution in [0.2, 0.25) is 0 Å². The first-order valence-electron chi connectivity index (χ1n) is 7.68.